The van der Waals surface area contributed by atoms with Gasteiger partial charge in [0.05, 0.1) is 22.4 Å². The molecule has 0 aliphatic rings. The Balaban J connectivity index is 1.62. The molecule has 1 heterocycles. The van der Waals surface area contributed by atoms with Crippen molar-refractivity contribution in [3.05, 3.63) is 52.8 Å². The molecule has 3 rings (SSSR count). The predicted molar refractivity (Wildman–Crippen MR) is 83.7 cm³/mol. The van der Waals surface area contributed by atoms with E-state index in [4.69, 9.17) is 32.7 Å². The van der Waals surface area contributed by atoms with Crippen molar-refractivity contribution in [3.63, 3.8) is 0 Å². The lowest BCUT2D eigenvalue weighted by Crippen LogP contribution is -2.17. The molecule has 3 aromatic rings. The van der Waals surface area contributed by atoms with Crippen LogP contribution in [0.2, 0.25) is 10.0 Å². The Morgan fingerprint density at radius 2 is 2.05 bits per heavy atom. The number of H-pyrrole nitrogens is 1. The molecule has 0 amide bonds. The minimum Gasteiger partial charge on any atom is -0.480 e. The van der Waals surface area contributed by atoms with Gasteiger partial charge >= 0.3 is 5.97 Å². The first-order valence-corrected chi connectivity index (χ1v) is 7.09. The number of rotatable bonds is 4. The number of halogens is 2. The highest BCUT2D eigenvalue weighted by atomic mass is 35.5. The van der Waals surface area contributed by atoms with E-state index < -0.39 is 5.97 Å². The fraction of sp³-hybridized carbons (Fsp3) is 0.0667. The molecule has 22 heavy (non-hydrogen) atoms. The third kappa shape index (κ3) is 3.32. The van der Waals surface area contributed by atoms with Crippen LogP contribution in [0.25, 0.3) is 11.0 Å². The molecule has 0 aliphatic carbocycles. The van der Waals surface area contributed by atoms with Gasteiger partial charge in [0.1, 0.15) is 11.5 Å². The van der Waals surface area contributed by atoms with Gasteiger partial charge in [-0.25, -0.2) is 9.78 Å². The van der Waals surface area contributed by atoms with E-state index in [0.717, 1.165) is 11.0 Å². The highest BCUT2D eigenvalue weighted by Gasteiger charge is 2.09. The number of benzene rings is 2. The van der Waals surface area contributed by atoms with Crippen molar-refractivity contribution < 1.29 is 14.3 Å². The molecule has 0 radical (unpaired) electrons. The number of carbonyl (C=O) groups is 1. The first-order chi connectivity index (χ1) is 10.6. The number of hydrogen-bond acceptors (Lipinski definition) is 4. The van der Waals surface area contributed by atoms with Crippen LogP contribution in [0, 0.1) is 0 Å². The molecule has 0 saturated heterocycles. The number of aromatic amines is 1. The number of nitrogens with one attached hydrogen (secondary N) is 1. The Bertz CT molecular complexity index is 833. The van der Waals surface area contributed by atoms with Crippen molar-refractivity contribution in [2.75, 3.05) is 6.61 Å². The van der Waals surface area contributed by atoms with Crippen LogP contribution < -0.4 is 9.47 Å². The van der Waals surface area contributed by atoms with Crippen LogP contribution in [0.5, 0.6) is 11.5 Å². The lowest BCUT2D eigenvalue weighted by Gasteiger charge is -2.08. The summed E-state index contributed by atoms with van der Waals surface area (Å²) in [5.41, 5.74) is 1.58. The summed E-state index contributed by atoms with van der Waals surface area (Å²) < 4.78 is 10.5. The van der Waals surface area contributed by atoms with Crippen LogP contribution in [0.1, 0.15) is 0 Å². The average Bonchev–Trinajstić information content (AvgIpc) is 2.94. The van der Waals surface area contributed by atoms with E-state index in [2.05, 4.69) is 9.97 Å². The van der Waals surface area contributed by atoms with E-state index in [1.807, 2.05) is 0 Å². The average molecular weight is 337 g/mol. The van der Waals surface area contributed by atoms with Gasteiger partial charge in [-0.05, 0) is 30.3 Å². The second-order valence-corrected chi connectivity index (χ2v) is 5.26. The molecular formula is C15H10Cl2N2O3. The van der Waals surface area contributed by atoms with E-state index in [-0.39, 0.29) is 6.61 Å². The third-order valence-electron chi connectivity index (χ3n) is 2.86. The Labute approximate surface area is 135 Å². The van der Waals surface area contributed by atoms with Crippen LogP contribution >= 0.6 is 23.2 Å². The van der Waals surface area contributed by atoms with Gasteiger partial charge in [0.25, 0.3) is 0 Å². The van der Waals surface area contributed by atoms with Gasteiger partial charge in [-0.15, -0.1) is 0 Å². The summed E-state index contributed by atoms with van der Waals surface area (Å²) in [6.45, 7) is -0.262. The maximum Gasteiger partial charge on any atom is 0.349 e. The van der Waals surface area contributed by atoms with Gasteiger partial charge in [-0.3, -0.25) is 0 Å². The van der Waals surface area contributed by atoms with Crippen LogP contribution in [-0.4, -0.2) is 22.5 Å². The standard InChI is InChI=1S/C15H10Cl2N2O3/c16-9-1-4-14(11(17)5-9)21-7-15(20)22-10-2-3-12-13(6-10)19-8-18-12/h1-6,8H,7H2,(H,18,19). The molecule has 0 spiro atoms. The summed E-state index contributed by atoms with van der Waals surface area (Å²) in [5.74, 6) is 0.240. The fourth-order valence-electron chi connectivity index (χ4n) is 1.87. The van der Waals surface area contributed by atoms with Crippen molar-refractivity contribution in [2.45, 2.75) is 0 Å². The van der Waals surface area contributed by atoms with Crippen molar-refractivity contribution >= 4 is 40.2 Å². The maximum absolute atomic E-state index is 11.8. The van der Waals surface area contributed by atoms with E-state index >= 15 is 0 Å². The molecule has 1 aromatic heterocycles. The van der Waals surface area contributed by atoms with Gasteiger partial charge < -0.3 is 14.5 Å². The Kier molecular flexibility index (Phi) is 4.18. The summed E-state index contributed by atoms with van der Waals surface area (Å²) in [5, 5.41) is 0.826. The Morgan fingerprint density at radius 3 is 2.86 bits per heavy atom. The fourth-order valence-corrected chi connectivity index (χ4v) is 2.33. The number of esters is 1. The summed E-state index contributed by atoms with van der Waals surface area (Å²) >= 11 is 11.7. The van der Waals surface area contributed by atoms with E-state index in [1.165, 1.54) is 6.07 Å². The van der Waals surface area contributed by atoms with E-state index in [9.17, 15) is 4.79 Å². The van der Waals surface area contributed by atoms with Crippen LogP contribution in [-0.2, 0) is 4.79 Å². The van der Waals surface area contributed by atoms with Crippen molar-refractivity contribution in [3.8, 4) is 11.5 Å². The molecule has 0 aliphatic heterocycles. The molecule has 0 fully saturated rings. The second-order valence-electron chi connectivity index (χ2n) is 4.42. The first kappa shape index (κ1) is 14.7. The van der Waals surface area contributed by atoms with E-state index in [1.54, 1.807) is 36.7 Å². The Morgan fingerprint density at radius 1 is 1.18 bits per heavy atom. The number of aromatic nitrogens is 2. The third-order valence-corrected chi connectivity index (χ3v) is 3.39. The summed E-state index contributed by atoms with van der Waals surface area (Å²) in [4.78, 5) is 18.8. The zero-order valence-electron chi connectivity index (χ0n) is 11.2. The molecular weight excluding hydrogens is 327 g/mol. The van der Waals surface area contributed by atoms with Gasteiger partial charge in [-0.2, -0.15) is 0 Å². The van der Waals surface area contributed by atoms with Crippen LogP contribution in [0.3, 0.4) is 0 Å². The molecule has 0 saturated carbocycles. The number of carbonyl (C=O) groups excluding carboxylic acids is 1. The van der Waals surface area contributed by atoms with Crippen molar-refractivity contribution in [1.29, 1.82) is 0 Å². The molecule has 2 aromatic carbocycles. The smallest absolute Gasteiger partial charge is 0.349 e. The van der Waals surface area contributed by atoms with Gasteiger partial charge in [0.15, 0.2) is 6.61 Å². The molecule has 0 bridgehead atoms. The van der Waals surface area contributed by atoms with Gasteiger partial charge in [-0.1, -0.05) is 23.2 Å². The van der Waals surface area contributed by atoms with E-state index in [0.29, 0.717) is 21.5 Å². The summed E-state index contributed by atoms with van der Waals surface area (Å²) in [6.07, 6.45) is 1.57. The highest BCUT2D eigenvalue weighted by molar-refractivity contribution is 6.35. The zero-order valence-corrected chi connectivity index (χ0v) is 12.7. The SMILES string of the molecule is O=C(COc1ccc(Cl)cc1Cl)Oc1ccc2nc[nH]c2c1. The van der Waals surface area contributed by atoms with Crippen LogP contribution in [0.15, 0.2) is 42.7 Å². The molecule has 0 unspecified atom stereocenters. The summed E-state index contributed by atoms with van der Waals surface area (Å²) in [6, 6.07) is 9.86. The largest absolute Gasteiger partial charge is 0.480 e. The summed E-state index contributed by atoms with van der Waals surface area (Å²) in [7, 11) is 0. The molecule has 5 nitrogen and oxygen atoms in total. The number of nitrogens with zero attached hydrogens (tertiary/aromatic N) is 1. The molecule has 7 heteroatoms. The lowest BCUT2D eigenvalue weighted by atomic mass is 10.3. The zero-order chi connectivity index (χ0) is 15.5. The number of imidazole rings is 1. The van der Waals surface area contributed by atoms with Gasteiger partial charge in [0, 0.05) is 11.1 Å². The van der Waals surface area contributed by atoms with Crippen LogP contribution in [0.4, 0.5) is 0 Å². The van der Waals surface area contributed by atoms with Crippen molar-refractivity contribution in [1.82, 2.24) is 9.97 Å². The lowest BCUT2D eigenvalue weighted by molar-refractivity contribution is -0.136. The first-order valence-electron chi connectivity index (χ1n) is 6.33. The second kappa shape index (κ2) is 6.25. The molecule has 1 N–H and O–H groups in total. The maximum atomic E-state index is 11.8. The quantitative estimate of drug-likeness (QED) is 0.580. The number of ether oxygens (including phenoxy) is 2. The Hall–Kier alpha value is -2.24. The number of fused-ring (bicyclic) bond motifs is 1. The number of hydrogen-bond donors (Lipinski definition) is 1. The topological polar surface area (TPSA) is 64.2 Å². The normalized spacial score (nSPS) is 10.6. The van der Waals surface area contributed by atoms with Gasteiger partial charge in [0.2, 0.25) is 0 Å². The highest BCUT2D eigenvalue weighted by Crippen LogP contribution is 2.27. The predicted octanol–water partition coefficient (Wildman–Crippen LogP) is 3.85. The minimum atomic E-state index is -0.537. The minimum absolute atomic E-state index is 0.262. The molecule has 0 atom stereocenters. The monoisotopic (exact) mass is 336 g/mol. The molecule has 112 valence electrons. The van der Waals surface area contributed by atoms with Crippen molar-refractivity contribution in [2.24, 2.45) is 0 Å².